The molecule has 0 unspecified atom stereocenters. The third-order valence-corrected chi connectivity index (χ3v) is 2.80. The first kappa shape index (κ1) is 9.06. The van der Waals surface area contributed by atoms with E-state index in [2.05, 4.69) is 4.98 Å². The lowest BCUT2D eigenvalue weighted by molar-refractivity contribution is -0.120. The van der Waals surface area contributed by atoms with E-state index in [0.29, 0.717) is 18.4 Å². The van der Waals surface area contributed by atoms with Crippen molar-refractivity contribution >= 4 is 11.6 Å². The average Bonchev–Trinajstić information content (AvgIpc) is 2.99. The van der Waals surface area contributed by atoms with Crippen LogP contribution in [0.25, 0.3) is 0 Å². The van der Waals surface area contributed by atoms with Crippen LogP contribution in [0.3, 0.4) is 0 Å². The van der Waals surface area contributed by atoms with Gasteiger partial charge in [-0.15, -0.1) is 0 Å². The van der Waals surface area contributed by atoms with E-state index >= 15 is 0 Å². The maximum atomic E-state index is 11.9. The first-order valence-corrected chi connectivity index (χ1v) is 4.63. The molecule has 0 amide bonds. The molecular formula is C11H11NO2. The lowest BCUT2D eigenvalue weighted by Crippen LogP contribution is -2.23. The molecule has 0 aromatic carbocycles. The number of pyridine rings is 1. The van der Waals surface area contributed by atoms with Crippen molar-refractivity contribution < 1.29 is 9.59 Å². The predicted molar refractivity (Wildman–Crippen MR) is 50.9 cm³/mol. The number of carbonyl (C=O) groups is 2. The van der Waals surface area contributed by atoms with E-state index in [4.69, 9.17) is 0 Å². The van der Waals surface area contributed by atoms with Gasteiger partial charge in [0, 0.05) is 18.0 Å². The molecule has 0 bridgehead atoms. The minimum atomic E-state index is -0.693. The van der Waals surface area contributed by atoms with Gasteiger partial charge in [0.05, 0.1) is 5.41 Å². The van der Waals surface area contributed by atoms with Gasteiger partial charge in [-0.25, -0.2) is 0 Å². The fraction of sp³-hybridized carbons (Fsp3) is 0.364. The van der Waals surface area contributed by atoms with E-state index in [1.165, 1.54) is 6.92 Å². The Bertz CT molecular complexity index is 380. The maximum absolute atomic E-state index is 11.9. The van der Waals surface area contributed by atoms with Crippen molar-refractivity contribution in [2.45, 2.75) is 19.8 Å². The van der Waals surface area contributed by atoms with Crippen molar-refractivity contribution in [3.05, 3.63) is 30.1 Å². The number of ketones is 2. The molecule has 1 aliphatic rings. The van der Waals surface area contributed by atoms with Gasteiger partial charge in [-0.2, -0.15) is 0 Å². The van der Waals surface area contributed by atoms with Crippen molar-refractivity contribution in [1.82, 2.24) is 4.98 Å². The summed E-state index contributed by atoms with van der Waals surface area (Å²) in [6.45, 7) is 1.49. The minimum absolute atomic E-state index is 0.0145. The van der Waals surface area contributed by atoms with Gasteiger partial charge < -0.3 is 0 Å². The number of rotatable bonds is 3. The molecule has 72 valence electrons. The standard InChI is InChI=1S/C11H11NO2/c1-8(13)11(4-5-11)10(14)9-2-6-12-7-3-9/h2-3,6-7H,4-5H2,1H3. The van der Waals surface area contributed by atoms with Crippen LogP contribution in [-0.4, -0.2) is 16.6 Å². The van der Waals surface area contributed by atoms with Gasteiger partial charge in [0.1, 0.15) is 5.78 Å². The molecule has 0 spiro atoms. The Hall–Kier alpha value is -1.51. The van der Waals surface area contributed by atoms with E-state index in [9.17, 15) is 9.59 Å². The molecule has 1 fully saturated rings. The third-order valence-electron chi connectivity index (χ3n) is 2.80. The molecule has 0 atom stereocenters. The molecule has 1 aliphatic carbocycles. The average molecular weight is 189 g/mol. The van der Waals surface area contributed by atoms with Crippen molar-refractivity contribution in [2.75, 3.05) is 0 Å². The van der Waals surface area contributed by atoms with Crippen LogP contribution in [0.15, 0.2) is 24.5 Å². The highest BCUT2D eigenvalue weighted by atomic mass is 16.2. The van der Waals surface area contributed by atoms with Gasteiger partial charge in [0.25, 0.3) is 0 Å². The van der Waals surface area contributed by atoms with E-state index in [-0.39, 0.29) is 11.6 Å². The number of aromatic nitrogens is 1. The van der Waals surface area contributed by atoms with Crippen LogP contribution in [0.5, 0.6) is 0 Å². The summed E-state index contributed by atoms with van der Waals surface area (Å²) in [5.41, 5.74) is -0.103. The smallest absolute Gasteiger partial charge is 0.176 e. The summed E-state index contributed by atoms with van der Waals surface area (Å²) in [4.78, 5) is 27.1. The van der Waals surface area contributed by atoms with E-state index in [1.807, 2.05) is 0 Å². The van der Waals surface area contributed by atoms with Gasteiger partial charge >= 0.3 is 0 Å². The summed E-state index contributed by atoms with van der Waals surface area (Å²) in [5, 5.41) is 0. The van der Waals surface area contributed by atoms with Crippen molar-refractivity contribution in [3.8, 4) is 0 Å². The van der Waals surface area contributed by atoms with Gasteiger partial charge in [0.2, 0.25) is 0 Å². The summed E-state index contributed by atoms with van der Waals surface area (Å²) in [6, 6.07) is 3.32. The Morgan fingerprint density at radius 3 is 2.29 bits per heavy atom. The van der Waals surface area contributed by atoms with Gasteiger partial charge in [0.15, 0.2) is 5.78 Å². The van der Waals surface area contributed by atoms with Crippen molar-refractivity contribution in [1.29, 1.82) is 0 Å². The van der Waals surface area contributed by atoms with Crippen LogP contribution in [0.4, 0.5) is 0 Å². The summed E-state index contributed by atoms with van der Waals surface area (Å²) in [6.07, 6.45) is 4.54. The summed E-state index contributed by atoms with van der Waals surface area (Å²) >= 11 is 0. The van der Waals surface area contributed by atoms with Crippen LogP contribution >= 0.6 is 0 Å². The molecular weight excluding hydrogens is 178 g/mol. The number of hydrogen-bond donors (Lipinski definition) is 0. The van der Waals surface area contributed by atoms with Crippen molar-refractivity contribution in [2.24, 2.45) is 5.41 Å². The molecule has 1 aromatic heterocycles. The number of Topliss-reactive ketones (excluding diaryl/α,β-unsaturated/α-hetero) is 2. The molecule has 0 N–H and O–H groups in total. The zero-order chi connectivity index (χ0) is 10.2. The molecule has 2 rings (SSSR count). The zero-order valence-corrected chi connectivity index (χ0v) is 7.99. The minimum Gasteiger partial charge on any atom is -0.299 e. The molecule has 1 saturated carbocycles. The van der Waals surface area contributed by atoms with Gasteiger partial charge in [-0.1, -0.05) is 0 Å². The third kappa shape index (κ3) is 1.25. The molecule has 1 heterocycles. The van der Waals surface area contributed by atoms with Crippen LogP contribution in [-0.2, 0) is 4.79 Å². The second-order valence-electron chi connectivity index (χ2n) is 3.70. The normalized spacial score (nSPS) is 17.5. The largest absolute Gasteiger partial charge is 0.299 e. The monoisotopic (exact) mass is 189 g/mol. The Morgan fingerprint density at radius 1 is 1.29 bits per heavy atom. The summed E-state index contributed by atoms with van der Waals surface area (Å²) in [7, 11) is 0. The fourth-order valence-electron chi connectivity index (χ4n) is 1.64. The Labute approximate surface area is 82.2 Å². The summed E-state index contributed by atoms with van der Waals surface area (Å²) < 4.78 is 0. The number of carbonyl (C=O) groups excluding carboxylic acids is 2. The fourth-order valence-corrected chi connectivity index (χ4v) is 1.64. The molecule has 3 heteroatoms. The highest BCUT2D eigenvalue weighted by Gasteiger charge is 2.53. The van der Waals surface area contributed by atoms with Crippen LogP contribution in [0, 0.1) is 5.41 Å². The Balaban J connectivity index is 2.30. The van der Waals surface area contributed by atoms with E-state index in [1.54, 1.807) is 24.5 Å². The second-order valence-corrected chi connectivity index (χ2v) is 3.70. The maximum Gasteiger partial charge on any atom is 0.176 e. The highest BCUT2D eigenvalue weighted by Crippen LogP contribution is 2.48. The van der Waals surface area contributed by atoms with E-state index in [0.717, 1.165) is 0 Å². The van der Waals surface area contributed by atoms with Gasteiger partial charge in [-0.05, 0) is 31.9 Å². The van der Waals surface area contributed by atoms with Crippen LogP contribution in [0.2, 0.25) is 0 Å². The zero-order valence-electron chi connectivity index (χ0n) is 7.99. The number of hydrogen-bond acceptors (Lipinski definition) is 3. The molecule has 0 radical (unpaired) electrons. The quantitative estimate of drug-likeness (QED) is 0.536. The predicted octanol–water partition coefficient (Wildman–Crippen LogP) is 1.63. The number of nitrogens with zero attached hydrogens (tertiary/aromatic N) is 1. The first-order chi connectivity index (χ1) is 6.67. The van der Waals surface area contributed by atoms with Crippen LogP contribution < -0.4 is 0 Å². The molecule has 14 heavy (non-hydrogen) atoms. The van der Waals surface area contributed by atoms with Gasteiger partial charge in [-0.3, -0.25) is 14.6 Å². The Kier molecular flexibility index (Phi) is 1.95. The molecule has 0 aliphatic heterocycles. The topological polar surface area (TPSA) is 47.0 Å². The van der Waals surface area contributed by atoms with E-state index < -0.39 is 5.41 Å². The lowest BCUT2D eigenvalue weighted by atomic mass is 9.92. The van der Waals surface area contributed by atoms with Crippen LogP contribution in [0.1, 0.15) is 30.1 Å². The lowest BCUT2D eigenvalue weighted by Gasteiger charge is -2.08. The first-order valence-electron chi connectivity index (χ1n) is 4.63. The Morgan fingerprint density at radius 2 is 1.86 bits per heavy atom. The molecule has 3 nitrogen and oxygen atoms in total. The highest BCUT2D eigenvalue weighted by molar-refractivity contribution is 6.16. The second kappa shape index (κ2) is 3.01. The summed E-state index contributed by atoms with van der Waals surface area (Å²) in [5.74, 6) is -0.0632. The molecule has 1 aromatic rings. The SMILES string of the molecule is CC(=O)C1(C(=O)c2ccncc2)CC1. The molecule has 0 saturated heterocycles. The van der Waals surface area contributed by atoms with Crippen molar-refractivity contribution in [3.63, 3.8) is 0 Å².